The molecule has 0 atom stereocenters. The minimum atomic E-state index is -0.760. The molecule has 6 nitrogen and oxygen atoms in total. The largest absolute Gasteiger partial charge is 0.462 e. The molecule has 64 heavy (non-hydrogen) atoms. The van der Waals surface area contributed by atoms with Crippen molar-refractivity contribution in [2.24, 2.45) is 0 Å². The standard InChI is InChI=1S/C57H110O6.Ti/c1-4-7-10-13-16-19-22-25-28-31-34-37-40-43-46-49-55(58)61-52-54(63-57(60)51-48-45-42-39-36-33-30-27-24-21-18-15-12-9-6-3)53-62-56(59)50-47-44-41-38-35-32-29-26-23-20-17-14-11-8-5-2;/h54H,4-53H2,1-3H3;. The van der Waals surface area contributed by atoms with Gasteiger partial charge in [0.15, 0.2) is 6.10 Å². The van der Waals surface area contributed by atoms with E-state index in [-0.39, 0.29) is 52.8 Å². The summed E-state index contributed by atoms with van der Waals surface area (Å²) in [7, 11) is 0. The number of unbranched alkanes of at least 4 members (excludes halogenated alkanes) is 42. The molecule has 0 heterocycles. The van der Waals surface area contributed by atoms with Crippen LogP contribution in [0.25, 0.3) is 0 Å². The second-order valence-corrected chi connectivity index (χ2v) is 19.6. The molecule has 0 saturated heterocycles. The predicted octanol–water partition coefficient (Wildman–Crippen LogP) is 18.8. The maximum atomic E-state index is 12.8. The molecule has 0 saturated carbocycles. The molecule has 0 amide bonds. The van der Waals surface area contributed by atoms with Gasteiger partial charge in [-0.05, 0) is 19.3 Å². The zero-order valence-electron chi connectivity index (χ0n) is 43.4. The van der Waals surface area contributed by atoms with E-state index in [1.807, 2.05) is 0 Å². The number of hydrogen-bond donors (Lipinski definition) is 0. The van der Waals surface area contributed by atoms with Crippen molar-refractivity contribution >= 4 is 17.9 Å². The first kappa shape index (κ1) is 65.2. The quantitative estimate of drug-likeness (QED) is 0.0262. The summed E-state index contributed by atoms with van der Waals surface area (Å²) >= 11 is 0. The summed E-state index contributed by atoms with van der Waals surface area (Å²) in [4.78, 5) is 38.1. The summed E-state index contributed by atoms with van der Waals surface area (Å²) in [6, 6.07) is 0. The molecule has 0 fully saturated rings. The summed E-state index contributed by atoms with van der Waals surface area (Å²) in [5.74, 6) is -0.832. The van der Waals surface area contributed by atoms with Gasteiger partial charge in [0.05, 0.1) is 0 Å². The van der Waals surface area contributed by atoms with Crippen molar-refractivity contribution < 1.29 is 50.3 Å². The maximum Gasteiger partial charge on any atom is 0.306 e. The first-order chi connectivity index (χ1) is 31.0. The molecule has 0 N–H and O–H groups in total. The Kier molecular flexibility index (Phi) is 57.5. The molecule has 0 bridgehead atoms. The second kappa shape index (κ2) is 56.4. The molecule has 0 aromatic carbocycles. The number of rotatable bonds is 53. The van der Waals surface area contributed by atoms with Gasteiger partial charge in [0.25, 0.3) is 0 Å². The molecule has 0 aliphatic rings. The normalized spacial score (nSPS) is 11.2. The van der Waals surface area contributed by atoms with Crippen LogP contribution in [0.15, 0.2) is 0 Å². The minimum Gasteiger partial charge on any atom is -0.462 e. The van der Waals surface area contributed by atoms with E-state index in [9.17, 15) is 14.4 Å². The summed E-state index contributed by atoms with van der Waals surface area (Å²) in [5, 5.41) is 0. The Hall–Kier alpha value is -0.876. The van der Waals surface area contributed by atoms with E-state index in [1.54, 1.807) is 0 Å². The summed E-state index contributed by atoms with van der Waals surface area (Å²) in [6.45, 7) is 6.71. The first-order valence-electron chi connectivity index (χ1n) is 28.5. The average Bonchev–Trinajstić information content (AvgIpc) is 3.28. The third-order valence-corrected chi connectivity index (χ3v) is 13.1. The van der Waals surface area contributed by atoms with Crippen LogP contribution in [-0.4, -0.2) is 37.2 Å². The molecule has 0 aliphatic carbocycles. The summed E-state index contributed by atoms with van der Waals surface area (Å²) in [6.07, 6.45) is 58.0. The van der Waals surface area contributed by atoms with Crippen molar-refractivity contribution in [3.05, 3.63) is 0 Å². The summed E-state index contributed by atoms with van der Waals surface area (Å²) in [5.41, 5.74) is 0. The molecular formula is C57H110O6Ti. The van der Waals surface area contributed by atoms with Crippen LogP contribution in [0.3, 0.4) is 0 Å². The smallest absolute Gasteiger partial charge is 0.306 e. The van der Waals surface area contributed by atoms with Crippen LogP contribution >= 0.6 is 0 Å². The van der Waals surface area contributed by atoms with Crippen LogP contribution in [0.2, 0.25) is 0 Å². The molecule has 7 heteroatoms. The van der Waals surface area contributed by atoms with Crippen LogP contribution in [0.5, 0.6) is 0 Å². The predicted molar refractivity (Wildman–Crippen MR) is 270 cm³/mol. The molecule has 0 aromatic heterocycles. The molecule has 0 rings (SSSR count). The molecule has 0 aromatic rings. The van der Waals surface area contributed by atoms with Gasteiger partial charge in [-0.25, -0.2) is 0 Å². The zero-order valence-corrected chi connectivity index (χ0v) is 44.9. The first-order valence-corrected chi connectivity index (χ1v) is 28.5. The fourth-order valence-electron chi connectivity index (χ4n) is 8.80. The van der Waals surface area contributed by atoms with Gasteiger partial charge in [0, 0.05) is 41.0 Å². The van der Waals surface area contributed by atoms with Crippen molar-refractivity contribution in [3.8, 4) is 0 Å². The van der Waals surface area contributed by atoms with Crippen molar-refractivity contribution in [3.63, 3.8) is 0 Å². The number of esters is 3. The Labute approximate surface area is 414 Å². The van der Waals surface area contributed by atoms with Gasteiger partial charge in [-0.15, -0.1) is 0 Å². The Bertz CT molecular complexity index is 893. The zero-order chi connectivity index (χ0) is 45.8. The van der Waals surface area contributed by atoms with E-state index < -0.39 is 6.10 Å². The molecular weight excluding hydrogens is 828 g/mol. The topological polar surface area (TPSA) is 78.9 Å². The maximum absolute atomic E-state index is 12.8. The van der Waals surface area contributed by atoms with Crippen LogP contribution in [0, 0.1) is 0 Å². The number of carbonyl (C=O) groups excluding carboxylic acids is 3. The number of ether oxygens (including phenoxy) is 3. The monoisotopic (exact) mass is 939 g/mol. The van der Waals surface area contributed by atoms with Crippen LogP contribution in [0.1, 0.15) is 329 Å². The average molecular weight is 939 g/mol. The van der Waals surface area contributed by atoms with Crippen LogP contribution < -0.4 is 0 Å². The second-order valence-electron chi connectivity index (χ2n) is 19.6. The van der Waals surface area contributed by atoms with Gasteiger partial charge in [0.1, 0.15) is 13.2 Å². The van der Waals surface area contributed by atoms with Crippen molar-refractivity contribution in [1.29, 1.82) is 0 Å². The van der Waals surface area contributed by atoms with Crippen molar-refractivity contribution in [2.75, 3.05) is 13.2 Å². The van der Waals surface area contributed by atoms with E-state index in [0.717, 1.165) is 57.8 Å². The van der Waals surface area contributed by atoms with E-state index in [2.05, 4.69) is 20.8 Å². The van der Waals surface area contributed by atoms with Crippen LogP contribution in [-0.2, 0) is 50.3 Å². The van der Waals surface area contributed by atoms with Gasteiger partial charge >= 0.3 is 17.9 Å². The SMILES string of the molecule is CCCCCCCCCCCCCCCCCC(=O)OCC(COC(=O)CCCCCCCCCCCCCCCCC)OC(=O)CCCCCCCCCCCCCCCCC.[Ti]. The van der Waals surface area contributed by atoms with Gasteiger partial charge in [-0.1, -0.05) is 290 Å². The Morgan fingerprint density at radius 3 is 0.641 bits per heavy atom. The number of hydrogen-bond acceptors (Lipinski definition) is 6. The van der Waals surface area contributed by atoms with E-state index in [1.165, 1.54) is 231 Å². The van der Waals surface area contributed by atoms with E-state index >= 15 is 0 Å². The molecule has 378 valence electrons. The van der Waals surface area contributed by atoms with Gasteiger partial charge < -0.3 is 14.2 Å². The molecule has 0 unspecified atom stereocenters. The third-order valence-electron chi connectivity index (χ3n) is 13.1. The third kappa shape index (κ3) is 53.7. The van der Waals surface area contributed by atoms with E-state index in [4.69, 9.17) is 14.2 Å². The fraction of sp³-hybridized carbons (Fsp3) is 0.947. The number of carbonyl (C=O) groups is 3. The Morgan fingerprint density at radius 1 is 0.266 bits per heavy atom. The van der Waals surface area contributed by atoms with Gasteiger partial charge in [-0.3, -0.25) is 14.4 Å². The van der Waals surface area contributed by atoms with Gasteiger partial charge in [0.2, 0.25) is 0 Å². The minimum absolute atomic E-state index is 0. The summed E-state index contributed by atoms with van der Waals surface area (Å²) < 4.78 is 16.9. The Morgan fingerprint density at radius 2 is 0.438 bits per heavy atom. The van der Waals surface area contributed by atoms with Gasteiger partial charge in [-0.2, -0.15) is 0 Å². The van der Waals surface area contributed by atoms with E-state index in [0.29, 0.717) is 19.3 Å². The Balaban J connectivity index is 0. The van der Waals surface area contributed by atoms with Crippen LogP contribution in [0.4, 0.5) is 0 Å². The van der Waals surface area contributed by atoms with Crippen molar-refractivity contribution in [2.45, 2.75) is 335 Å². The molecule has 0 spiro atoms. The molecule has 0 radical (unpaired) electrons. The molecule has 0 aliphatic heterocycles. The van der Waals surface area contributed by atoms with Crippen molar-refractivity contribution in [1.82, 2.24) is 0 Å². The fourth-order valence-corrected chi connectivity index (χ4v) is 8.80.